The maximum atomic E-state index is 12.0. The summed E-state index contributed by atoms with van der Waals surface area (Å²) in [5.74, 6) is -0.112. The van der Waals surface area contributed by atoms with Gasteiger partial charge in [0.1, 0.15) is 0 Å². The lowest BCUT2D eigenvalue weighted by Gasteiger charge is -2.12. The number of aromatic nitrogens is 1. The first-order valence-corrected chi connectivity index (χ1v) is 5.88. The van der Waals surface area contributed by atoms with Crippen LogP contribution in [0.4, 0.5) is 0 Å². The molecule has 1 aromatic carbocycles. The molecule has 2 aromatic rings. The fourth-order valence-corrected chi connectivity index (χ4v) is 2.12. The number of fused-ring (bicyclic) bond motifs is 1. The number of hydrogen-bond donors (Lipinski definition) is 1. The van der Waals surface area contributed by atoms with Crippen LogP contribution >= 0.6 is 0 Å². The number of hydrogen-bond acceptors (Lipinski definition) is 3. The minimum absolute atomic E-state index is 0.112. The van der Waals surface area contributed by atoms with Gasteiger partial charge in [-0.15, -0.1) is 0 Å². The Bertz CT molecular complexity index is 775. The van der Waals surface area contributed by atoms with Gasteiger partial charge < -0.3 is 4.52 Å². The van der Waals surface area contributed by atoms with Crippen LogP contribution in [-0.2, 0) is 4.79 Å². The van der Waals surface area contributed by atoms with Gasteiger partial charge in [-0.1, -0.05) is 30.3 Å². The van der Waals surface area contributed by atoms with Crippen LogP contribution in [0.5, 0.6) is 0 Å². The summed E-state index contributed by atoms with van der Waals surface area (Å²) in [5.41, 5.74) is 2.82. The van der Waals surface area contributed by atoms with Gasteiger partial charge in [0.15, 0.2) is 5.78 Å². The van der Waals surface area contributed by atoms with Crippen molar-refractivity contribution in [2.24, 2.45) is 0 Å². The number of nitrogens with one attached hydrogen (secondary N) is 1. The molecule has 0 unspecified atom stereocenters. The lowest BCUT2D eigenvalue weighted by Crippen LogP contribution is -2.06. The van der Waals surface area contributed by atoms with E-state index >= 15 is 0 Å². The summed E-state index contributed by atoms with van der Waals surface area (Å²) in [6, 6.07) is 7.57. The monoisotopic (exact) mass is 253 g/mol. The van der Waals surface area contributed by atoms with Crippen LogP contribution in [0.3, 0.4) is 0 Å². The van der Waals surface area contributed by atoms with Crippen LogP contribution in [0.1, 0.15) is 22.4 Å². The van der Waals surface area contributed by atoms with Crippen LogP contribution in [0, 0.1) is 6.92 Å². The normalized spacial score (nSPS) is 15.8. The quantitative estimate of drug-likeness (QED) is 0.794. The van der Waals surface area contributed by atoms with Crippen molar-refractivity contribution in [2.75, 3.05) is 0 Å². The first kappa shape index (κ1) is 11.5. The maximum Gasteiger partial charge on any atom is 0.364 e. The molecule has 0 aliphatic heterocycles. The molecule has 0 amide bonds. The second-order valence-corrected chi connectivity index (χ2v) is 4.37. The number of aryl methyl sites for hydroxylation is 1. The number of aromatic amines is 1. The third-order valence-electron chi connectivity index (χ3n) is 3.14. The lowest BCUT2D eigenvalue weighted by molar-refractivity contribution is -0.109. The van der Waals surface area contributed by atoms with Gasteiger partial charge >= 0.3 is 5.63 Å². The van der Waals surface area contributed by atoms with Gasteiger partial charge in [0.25, 0.3) is 0 Å². The topological polar surface area (TPSA) is 63.1 Å². The molecule has 0 saturated heterocycles. The highest BCUT2D eigenvalue weighted by Gasteiger charge is 2.18. The predicted octanol–water partition coefficient (Wildman–Crippen LogP) is 2.41. The highest BCUT2D eigenvalue weighted by Crippen LogP contribution is 2.28. The number of carbonyl (C=O) groups is 1. The van der Waals surface area contributed by atoms with Crippen molar-refractivity contribution in [2.45, 2.75) is 6.92 Å². The Morgan fingerprint density at radius 1 is 1.16 bits per heavy atom. The van der Waals surface area contributed by atoms with Crippen molar-refractivity contribution >= 4 is 23.5 Å². The van der Waals surface area contributed by atoms with E-state index in [1.165, 1.54) is 6.08 Å². The second kappa shape index (κ2) is 4.24. The summed E-state index contributed by atoms with van der Waals surface area (Å²) < 4.78 is 4.71. The van der Waals surface area contributed by atoms with Gasteiger partial charge in [0.05, 0.1) is 11.3 Å². The van der Waals surface area contributed by atoms with E-state index < -0.39 is 5.63 Å². The smallest absolute Gasteiger partial charge is 0.338 e. The van der Waals surface area contributed by atoms with E-state index in [4.69, 9.17) is 4.52 Å². The molecule has 0 saturated carbocycles. The van der Waals surface area contributed by atoms with Crippen LogP contribution in [0.15, 0.2) is 39.7 Å². The summed E-state index contributed by atoms with van der Waals surface area (Å²) in [6.07, 6.45) is 4.88. The number of ketones is 1. The van der Waals surface area contributed by atoms with Gasteiger partial charge in [-0.3, -0.25) is 4.79 Å². The van der Waals surface area contributed by atoms with Crippen molar-refractivity contribution in [3.05, 3.63) is 63.1 Å². The van der Waals surface area contributed by atoms with Gasteiger partial charge in [0.2, 0.25) is 0 Å². The van der Waals surface area contributed by atoms with Crippen LogP contribution in [-0.4, -0.2) is 10.9 Å². The number of carbonyl (C=O) groups excluding carboxylic acids is 1. The fourth-order valence-electron chi connectivity index (χ4n) is 2.12. The zero-order valence-electron chi connectivity index (χ0n) is 10.3. The highest BCUT2D eigenvalue weighted by atomic mass is 16.5. The van der Waals surface area contributed by atoms with Gasteiger partial charge in [-0.05, 0) is 30.2 Å². The van der Waals surface area contributed by atoms with E-state index in [0.717, 1.165) is 11.1 Å². The van der Waals surface area contributed by atoms with Gasteiger partial charge in [-0.2, -0.15) is 0 Å². The molecule has 0 fully saturated rings. The molecule has 1 N–H and O–H groups in total. The molecule has 0 bridgehead atoms. The Labute approximate surface area is 109 Å². The van der Waals surface area contributed by atoms with E-state index in [1.807, 2.05) is 24.3 Å². The number of rotatable bonds is 1. The highest BCUT2D eigenvalue weighted by molar-refractivity contribution is 6.33. The molecule has 19 heavy (non-hydrogen) atoms. The van der Waals surface area contributed by atoms with E-state index in [0.29, 0.717) is 16.8 Å². The van der Waals surface area contributed by atoms with E-state index in [1.54, 1.807) is 19.1 Å². The molecule has 0 atom stereocenters. The maximum absolute atomic E-state index is 12.0. The summed E-state index contributed by atoms with van der Waals surface area (Å²) in [5, 5.41) is 2.50. The van der Waals surface area contributed by atoms with E-state index in [2.05, 4.69) is 5.16 Å². The third kappa shape index (κ3) is 1.87. The van der Waals surface area contributed by atoms with Crippen molar-refractivity contribution in [1.29, 1.82) is 0 Å². The molecule has 1 aliphatic carbocycles. The molecule has 4 heteroatoms. The van der Waals surface area contributed by atoms with E-state index in [9.17, 15) is 9.59 Å². The zero-order chi connectivity index (χ0) is 13.4. The standard InChI is InChI=1S/C15H11NO3/c1-9-12(15(18)19-16-9)8-13-11-5-3-2-4-10(11)6-7-14(13)17/h2-8,16H,1H3/b13-8-. The molecule has 1 aromatic heterocycles. The average molecular weight is 253 g/mol. The Hall–Kier alpha value is -2.62. The number of benzene rings is 1. The zero-order valence-corrected chi connectivity index (χ0v) is 10.3. The predicted molar refractivity (Wildman–Crippen MR) is 72.4 cm³/mol. The Balaban J connectivity index is 2.22. The molecule has 0 spiro atoms. The van der Waals surface area contributed by atoms with Crippen LogP contribution in [0.25, 0.3) is 17.7 Å². The largest absolute Gasteiger partial charge is 0.364 e. The molecule has 3 rings (SSSR count). The van der Waals surface area contributed by atoms with Crippen LogP contribution < -0.4 is 5.63 Å². The average Bonchev–Trinajstić information content (AvgIpc) is 2.73. The Morgan fingerprint density at radius 3 is 2.68 bits per heavy atom. The molecule has 94 valence electrons. The molecule has 4 nitrogen and oxygen atoms in total. The van der Waals surface area contributed by atoms with Gasteiger partial charge in [0, 0.05) is 5.57 Å². The minimum atomic E-state index is -0.468. The Kier molecular flexibility index (Phi) is 2.56. The molecular formula is C15H11NO3. The van der Waals surface area contributed by atoms with Crippen molar-refractivity contribution in [3.8, 4) is 0 Å². The SMILES string of the molecule is Cc1[nH]oc(=O)c1/C=C1\C(=O)C=Cc2ccccc21. The van der Waals surface area contributed by atoms with Crippen molar-refractivity contribution in [1.82, 2.24) is 5.16 Å². The fraction of sp³-hybridized carbons (Fsp3) is 0.0667. The summed E-state index contributed by atoms with van der Waals surface area (Å²) in [4.78, 5) is 23.6. The second-order valence-electron chi connectivity index (χ2n) is 4.37. The van der Waals surface area contributed by atoms with Crippen LogP contribution in [0.2, 0.25) is 0 Å². The Morgan fingerprint density at radius 2 is 1.95 bits per heavy atom. The third-order valence-corrected chi connectivity index (χ3v) is 3.14. The summed E-state index contributed by atoms with van der Waals surface area (Å²) in [7, 11) is 0. The lowest BCUT2D eigenvalue weighted by atomic mass is 9.90. The molecule has 0 radical (unpaired) electrons. The van der Waals surface area contributed by atoms with E-state index in [-0.39, 0.29) is 5.78 Å². The number of H-pyrrole nitrogens is 1. The first-order valence-electron chi connectivity index (χ1n) is 5.88. The molecule has 1 heterocycles. The number of allylic oxidation sites excluding steroid dienone is 2. The van der Waals surface area contributed by atoms with Crippen molar-refractivity contribution < 1.29 is 9.32 Å². The van der Waals surface area contributed by atoms with Gasteiger partial charge in [-0.25, -0.2) is 9.95 Å². The molecular weight excluding hydrogens is 242 g/mol. The van der Waals surface area contributed by atoms with Crippen molar-refractivity contribution in [3.63, 3.8) is 0 Å². The molecule has 1 aliphatic rings. The summed E-state index contributed by atoms with van der Waals surface area (Å²) >= 11 is 0. The minimum Gasteiger partial charge on any atom is -0.338 e. The first-order chi connectivity index (χ1) is 9.16. The summed E-state index contributed by atoms with van der Waals surface area (Å²) in [6.45, 7) is 1.73.